The molecule has 5 aliphatic carbocycles. The van der Waals surface area contributed by atoms with E-state index in [4.69, 9.17) is 9.47 Å². The van der Waals surface area contributed by atoms with E-state index in [0.29, 0.717) is 47.1 Å². The van der Waals surface area contributed by atoms with E-state index >= 15 is 0 Å². The summed E-state index contributed by atoms with van der Waals surface area (Å²) in [6, 6.07) is 7.36. The van der Waals surface area contributed by atoms with Crippen LogP contribution in [0.25, 0.3) is 0 Å². The maximum atomic E-state index is 14.0. The molecule has 0 aliphatic heterocycles. The van der Waals surface area contributed by atoms with E-state index in [9.17, 15) is 14.4 Å². The van der Waals surface area contributed by atoms with Gasteiger partial charge in [0.15, 0.2) is 0 Å². The summed E-state index contributed by atoms with van der Waals surface area (Å²) >= 11 is 0. The highest BCUT2D eigenvalue weighted by molar-refractivity contribution is 5.89. The molecule has 6 heteroatoms. The first-order chi connectivity index (χ1) is 20.4. The fraction of sp³-hybridized carbons (Fsp3) is 0.757. The van der Waals surface area contributed by atoms with E-state index in [0.717, 1.165) is 44.1 Å². The number of esters is 2. The minimum atomic E-state index is -0.343. The fourth-order valence-electron chi connectivity index (χ4n) is 12.2. The largest absolute Gasteiger partial charge is 0.465 e. The lowest BCUT2D eigenvalue weighted by Crippen LogP contribution is -2.64. The average Bonchev–Trinajstić information content (AvgIpc) is 3.43. The van der Waals surface area contributed by atoms with Crippen LogP contribution in [0.4, 0.5) is 0 Å². The normalized spacial score (nSPS) is 41.1. The Balaban J connectivity index is 1.18. The number of rotatable bonds is 5. The summed E-state index contributed by atoms with van der Waals surface area (Å²) in [5.74, 6) is 2.81. The highest BCUT2D eigenvalue weighted by Crippen LogP contribution is 2.73. The molecular formula is C37H53NO5. The van der Waals surface area contributed by atoms with Crippen LogP contribution in [-0.4, -0.2) is 31.1 Å². The molecule has 1 aromatic rings. The standard InChI is InChI=1S/C37H53NO5/c1-23(39)43-31-17-20-36(5)29(34(31,2)3)16-19-35(4)27-15-21-37(18-7-8-28(37)26(27)13-14-30(35)36)33(41)38-22-24-9-11-25(12-10-24)32(40)42-6/h9-12,26-31H,7-8,13-22H2,1-6H3,(H,38,41). The van der Waals surface area contributed by atoms with Crippen molar-refractivity contribution in [2.75, 3.05) is 7.11 Å². The number of ether oxygens (including phenoxy) is 2. The Bertz CT molecular complexity index is 1260. The lowest BCUT2D eigenvalue weighted by molar-refractivity contribution is -0.220. The van der Waals surface area contributed by atoms with Crippen LogP contribution in [0.15, 0.2) is 24.3 Å². The Labute approximate surface area is 258 Å². The molecule has 6 rings (SSSR count). The molecule has 5 saturated carbocycles. The lowest BCUT2D eigenvalue weighted by atomic mass is 9.36. The van der Waals surface area contributed by atoms with Gasteiger partial charge in [-0.2, -0.15) is 0 Å². The zero-order valence-electron chi connectivity index (χ0n) is 27.3. The Hall–Kier alpha value is -2.37. The summed E-state index contributed by atoms with van der Waals surface area (Å²) < 4.78 is 10.7. The zero-order valence-corrected chi connectivity index (χ0v) is 27.3. The highest BCUT2D eigenvalue weighted by Gasteiger charge is 2.67. The molecule has 0 aromatic heterocycles. The Morgan fingerprint density at radius 3 is 2.23 bits per heavy atom. The van der Waals surface area contributed by atoms with Gasteiger partial charge in [0, 0.05) is 18.9 Å². The number of fused-ring (bicyclic) bond motifs is 7. The van der Waals surface area contributed by atoms with Crippen molar-refractivity contribution in [2.24, 2.45) is 51.2 Å². The second-order valence-corrected chi connectivity index (χ2v) is 16.0. The third-order valence-corrected chi connectivity index (χ3v) is 14.0. The number of carbonyl (C=O) groups is 3. The number of benzene rings is 1. The van der Waals surface area contributed by atoms with Crippen LogP contribution in [0.2, 0.25) is 0 Å². The molecule has 0 bridgehead atoms. The van der Waals surface area contributed by atoms with Gasteiger partial charge in [-0.05, 0) is 122 Å². The third-order valence-electron chi connectivity index (χ3n) is 14.0. The minimum absolute atomic E-state index is 0.0122. The van der Waals surface area contributed by atoms with Crippen LogP contribution in [0.1, 0.15) is 121 Å². The van der Waals surface area contributed by atoms with Gasteiger partial charge in [0.25, 0.3) is 0 Å². The summed E-state index contributed by atoms with van der Waals surface area (Å²) in [6.07, 6.45) is 12.6. The van der Waals surface area contributed by atoms with Gasteiger partial charge in [-0.1, -0.05) is 46.2 Å². The molecule has 0 spiro atoms. The molecule has 1 amide bonds. The molecule has 9 atom stereocenters. The predicted molar refractivity (Wildman–Crippen MR) is 166 cm³/mol. The second-order valence-electron chi connectivity index (χ2n) is 16.0. The van der Waals surface area contributed by atoms with Crippen molar-refractivity contribution in [1.82, 2.24) is 5.32 Å². The van der Waals surface area contributed by atoms with Crippen LogP contribution < -0.4 is 5.32 Å². The highest BCUT2D eigenvalue weighted by atomic mass is 16.5. The first-order valence-electron chi connectivity index (χ1n) is 17.0. The van der Waals surface area contributed by atoms with Gasteiger partial charge in [0.05, 0.1) is 18.1 Å². The van der Waals surface area contributed by atoms with Gasteiger partial charge in [-0.15, -0.1) is 0 Å². The zero-order chi connectivity index (χ0) is 30.8. The average molecular weight is 592 g/mol. The SMILES string of the molecule is COC(=O)c1ccc(CNC(=O)C23CCCC2C2CCC4C(C)(CCC5C(C)(C)C(OC(C)=O)CCC54C)C2CC3)cc1. The quantitative estimate of drug-likeness (QED) is 0.359. The van der Waals surface area contributed by atoms with Gasteiger partial charge in [0.2, 0.25) is 5.91 Å². The van der Waals surface area contributed by atoms with Crippen LogP contribution >= 0.6 is 0 Å². The van der Waals surface area contributed by atoms with Gasteiger partial charge in [-0.3, -0.25) is 9.59 Å². The van der Waals surface area contributed by atoms with E-state index in [-0.39, 0.29) is 40.2 Å². The summed E-state index contributed by atoms with van der Waals surface area (Å²) in [5, 5.41) is 3.33. The van der Waals surface area contributed by atoms with Crippen molar-refractivity contribution in [3.63, 3.8) is 0 Å². The van der Waals surface area contributed by atoms with E-state index in [1.807, 2.05) is 12.1 Å². The Morgan fingerprint density at radius 2 is 1.53 bits per heavy atom. The topological polar surface area (TPSA) is 81.7 Å². The lowest BCUT2D eigenvalue weighted by Gasteiger charge is -2.69. The molecular weight excluding hydrogens is 538 g/mol. The number of carbonyl (C=O) groups excluding carboxylic acids is 3. The second kappa shape index (κ2) is 10.9. The van der Waals surface area contributed by atoms with Gasteiger partial charge in [-0.25, -0.2) is 4.79 Å². The molecule has 0 radical (unpaired) electrons. The number of hydrogen-bond donors (Lipinski definition) is 1. The molecule has 5 aliphatic rings. The third kappa shape index (κ3) is 4.76. The van der Waals surface area contributed by atoms with Crippen molar-refractivity contribution in [3.05, 3.63) is 35.4 Å². The summed E-state index contributed by atoms with van der Waals surface area (Å²) in [5.41, 5.74) is 1.86. The smallest absolute Gasteiger partial charge is 0.337 e. The first-order valence-corrected chi connectivity index (χ1v) is 17.0. The number of hydrogen-bond acceptors (Lipinski definition) is 5. The fourth-order valence-corrected chi connectivity index (χ4v) is 12.2. The first kappa shape index (κ1) is 30.6. The number of nitrogens with one attached hydrogen (secondary N) is 1. The Morgan fingerprint density at radius 1 is 0.814 bits per heavy atom. The van der Waals surface area contributed by atoms with Crippen molar-refractivity contribution >= 4 is 17.8 Å². The van der Waals surface area contributed by atoms with Crippen LogP contribution in [0.3, 0.4) is 0 Å². The molecule has 0 heterocycles. The molecule has 6 nitrogen and oxygen atoms in total. The van der Waals surface area contributed by atoms with Gasteiger partial charge < -0.3 is 14.8 Å². The van der Waals surface area contributed by atoms with E-state index in [1.54, 1.807) is 19.1 Å². The summed E-state index contributed by atoms with van der Waals surface area (Å²) in [4.78, 5) is 37.8. The number of amides is 1. The van der Waals surface area contributed by atoms with Crippen molar-refractivity contribution in [2.45, 2.75) is 118 Å². The van der Waals surface area contributed by atoms with Crippen molar-refractivity contribution < 1.29 is 23.9 Å². The van der Waals surface area contributed by atoms with E-state index < -0.39 is 0 Å². The van der Waals surface area contributed by atoms with Gasteiger partial charge in [0.1, 0.15) is 6.10 Å². The molecule has 1 aromatic carbocycles. The van der Waals surface area contributed by atoms with Crippen molar-refractivity contribution in [3.8, 4) is 0 Å². The van der Waals surface area contributed by atoms with Crippen molar-refractivity contribution in [1.29, 1.82) is 0 Å². The van der Waals surface area contributed by atoms with E-state index in [1.165, 1.54) is 39.2 Å². The monoisotopic (exact) mass is 591 g/mol. The van der Waals surface area contributed by atoms with E-state index in [2.05, 4.69) is 33.0 Å². The number of methoxy groups -OCH3 is 1. The minimum Gasteiger partial charge on any atom is -0.465 e. The van der Waals surface area contributed by atoms with Gasteiger partial charge >= 0.3 is 11.9 Å². The molecule has 43 heavy (non-hydrogen) atoms. The molecule has 9 unspecified atom stereocenters. The molecule has 5 fully saturated rings. The Kier molecular flexibility index (Phi) is 7.77. The molecule has 0 saturated heterocycles. The molecule has 236 valence electrons. The van der Waals surface area contributed by atoms with Crippen LogP contribution in [-0.2, 0) is 25.6 Å². The van der Waals surface area contributed by atoms with Crippen LogP contribution in [0.5, 0.6) is 0 Å². The maximum Gasteiger partial charge on any atom is 0.337 e. The summed E-state index contributed by atoms with van der Waals surface area (Å²) in [7, 11) is 1.39. The van der Waals surface area contributed by atoms with Crippen LogP contribution in [0, 0.1) is 51.2 Å². The maximum absolute atomic E-state index is 14.0. The summed E-state index contributed by atoms with van der Waals surface area (Å²) in [6.45, 7) is 12.0. The predicted octanol–water partition coefficient (Wildman–Crippen LogP) is 7.49. The molecule has 1 N–H and O–H groups in total.